The van der Waals surface area contributed by atoms with Crippen molar-refractivity contribution in [3.63, 3.8) is 0 Å². The lowest BCUT2D eigenvalue weighted by molar-refractivity contribution is -0.121. The maximum Gasteiger partial charge on any atom is 0.285 e. The monoisotopic (exact) mass is 395 g/mol. The van der Waals surface area contributed by atoms with Crippen molar-refractivity contribution in [2.45, 2.75) is 6.61 Å². The second-order valence-corrected chi connectivity index (χ2v) is 5.84. The number of carbonyl (C=O) groups is 1. The average Bonchev–Trinajstić information content (AvgIpc) is 2.74. The molecule has 2 aromatic carbocycles. The van der Waals surface area contributed by atoms with Crippen molar-refractivity contribution >= 4 is 29.9 Å². The van der Waals surface area contributed by atoms with Crippen molar-refractivity contribution in [2.75, 3.05) is 11.6 Å². The van der Waals surface area contributed by atoms with Crippen LogP contribution in [0.25, 0.3) is 0 Å². The van der Waals surface area contributed by atoms with E-state index in [0.29, 0.717) is 29.5 Å². The number of anilines is 1. The van der Waals surface area contributed by atoms with Crippen molar-refractivity contribution in [2.24, 2.45) is 5.10 Å². The third kappa shape index (κ3) is 4.29. The summed E-state index contributed by atoms with van der Waals surface area (Å²) in [4.78, 5) is 16.5. The van der Waals surface area contributed by atoms with E-state index >= 15 is 0 Å². The summed E-state index contributed by atoms with van der Waals surface area (Å²) in [6, 6.07) is 22.4. The van der Waals surface area contributed by atoms with Crippen LogP contribution < -0.4 is 9.75 Å². The fraction of sp³-hybridized carbons (Fsp3) is 0.0952. The van der Waals surface area contributed by atoms with Crippen molar-refractivity contribution in [1.82, 2.24) is 4.98 Å². The molecule has 0 bridgehead atoms. The van der Waals surface area contributed by atoms with Gasteiger partial charge in [0.15, 0.2) is 6.61 Å². The number of rotatable bonds is 5. The Morgan fingerprint density at radius 1 is 0.964 bits per heavy atom. The van der Waals surface area contributed by atoms with E-state index in [4.69, 9.17) is 9.47 Å². The van der Waals surface area contributed by atoms with Gasteiger partial charge in [-0.15, -0.1) is 17.5 Å². The molecule has 4 rings (SSSR count). The Labute approximate surface area is 168 Å². The first-order valence-electron chi connectivity index (χ1n) is 8.53. The number of ether oxygens (including phenoxy) is 2. The quantitative estimate of drug-likeness (QED) is 0.659. The minimum atomic E-state index is -0.225. The van der Waals surface area contributed by atoms with E-state index in [9.17, 15) is 4.79 Å². The van der Waals surface area contributed by atoms with Gasteiger partial charge < -0.3 is 9.47 Å². The fourth-order valence-corrected chi connectivity index (χ4v) is 2.67. The van der Waals surface area contributed by atoms with Crippen LogP contribution in [0.5, 0.6) is 5.75 Å². The van der Waals surface area contributed by atoms with Gasteiger partial charge in [0.25, 0.3) is 5.91 Å². The molecule has 0 radical (unpaired) electrons. The Balaban J connectivity index is 0.00000225. The van der Waals surface area contributed by atoms with Gasteiger partial charge in [-0.25, -0.2) is 0 Å². The van der Waals surface area contributed by atoms with Gasteiger partial charge in [0.1, 0.15) is 12.4 Å². The van der Waals surface area contributed by atoms with E-state index in [1.807, 2.05) is 72.8 Å². The summed E-state index contributed by atoms with van der Waals surface area (Å²) < 4.78 is 11.5. The first-order chi connectivity index (χ1) is 13.3. The van der Waals surface area contributed by atoms with Crippen LogP contribution in [-0.4, -0.2) is 23.4 Å². The molecule has 6 nitrogen and oxygen atoms in total. The fourth-order valence-electron chi connectivity index (χ4n) is 2.67. The number of para-hydroxylation sites is 2. The van der Waals surface area contributed by atoms with Crippen LogP contribution in [0.15, 0.2) is 84.1 Å². The highest BCUT2D eigenvalue weighted by Gasteiger charge is 2.25. The third-order valence-corrected chi connectivity index (χ3v) is 3.98. The summed E-state index contributed by atoms with van der Waals surface area (Å²) in [6.07, 6.45) is 1.72. The summed E-state index contributed by atoms with van der Waals surface area (Å²) >= 11 is 0. The van der Waals surface area contributed by atoms with Gasteiger partial charge in [0.2, 0.25) is 5.90 Å². The highest BCUT2D eigenvalue weighted by molar-refractivity contribution is 6.05. The molecule has 28 heavy (non-hydrogen) atoms. The number of amides is 1. The summed E-state index contributed by atoms with van der Waals surface area (Å²) in [5.74, 6) is 0.733. The second-order valence-electron chi connectivity index (χ2n) is 5.84. The highest BCUT2D eigenvalue weighted by Crippen LogP contribution is 2.24. The van der Waals surface area contributed by atoms with E-state index < -0.39 is 0 Å². The average molecular weight is 396 g/mol. The maximum absolute atomic E-state index is 12.2. The van der Waals surface area contributed by atoms with E-state index in [2.05, 4.69) is 10.1 Å². The molecule has 0 saturated heterocycles. The minimum absolute atomic E-state index is 0. The largest absolute Gasteiger partial charge is 0.486 e. The molecular formula is C21H18ClN3O3. The maximum atomic E-state index is 12.2. The predicted molar refractivity (Wildman–Crippen MR) is 109 cm³/mol. The van der Waals surface area contributed by atoms with E-state index in [1.54, 1.807) is 6.20 Å². The van der Waals surface area contributed by atoms with E-state index in [-0.39, 0.29) is 24.9 Å². The number of hydrogen-bond donors (Lipinski definition) is 0. The number of benzene rings is 2. The lowest BCUT2D eigenvalue weighted by Crippen LogP contribution is -2.36. The predicted octanol–water partition coefficient (Wildman–Crippen LogP) is 3.81. The van der Waals surface area contributed by atoms with Crippen LogP contribution in [0.2, 0.25) is 0 Å². The van der Waals surface area contributed by atoms with Crippen molar-refractivity contribution < 1.29 is 14.3 Å². The van der Waals surface area contributed by atoms with E-state index in [1.165, 1.54) is 5.01 Å². The van der Waals surface area contributed by atoms with Crippen LogP contribution in [-0.2, 0) is 16.1 Å². The number of pyridine rings is 1. The summed E-state index contributed by atoms with van der Waals surface area (Å²) in [6.45, 7) is 0.245. The lowest BCUT2D eigenvalue weighted by Gasteiger charge is -2.24. The van der Waals surface area contributed by atoms with Crippen LogP contribution in [0.4, 0.5) is 5.69 Å². The number of aromatic nitrogens is 1. The van der Waals surface area contributed by atoms with Crippen molar-refractivity contribution in [1.29, 1.82) is 0 Å². The number of hydrazone groups is 1. The highest BCUT2D eigenvalue weighted by atomic mass is 35.5. The molecule has 0 aliphatic carbocycles. The molecule has 0 spiro atoms. The molecule has 0 N–H and O–H groups in total. The summed E-state index contributed by atoms with van der Waals surface area (Å²) in [5.41, 5.74) is 2.19. The topological polar surface area (TPSA) is 64.0 Å². The van der Waals surface area contributed by atoms with Gasteiger partial charge in [0.05, 0.1) is 16.9 Å². The van der Waals surface area contributed by atoms with Gasteiger partial charge in [-0.2, -0.15) is 5.01 Å². The molecule has 1 aromatic heterocycles. The Kier molecular flexibility index (Phi) is 6.24. The van der Waals surface area contributed by atoms with Gasteiger partial charge in [-0.1, -0.05) is 36.4 Å². The van der Waals surface area contributed by atoms with Gasteiger partial charge >= 0.3 is 0 Å². The van der Waals surface area contributed by atoms with Crippen molar-refractivity contribution in [3.05, 3.63) is 90.3 Å². The molecule has 142 valence electrons. The molecular weight excluding hydrogens is 378 g/mol. The minimum Gasteiger partial charge on any atom is -0.486 e. The number of nitrogens with zero attached hydrogens (tertiary/aromatic N) is 3. The zero-order valence-corrected chi connectivity index (χ0v) is 15.7. The lowest BCUT2D eigenvalue weighted by atomic mass is 10.2. The molecule has 7 heteroatoms. The third-order valence-electron chi connectivity index (χ3n) is 3.98. The Bertz CT molecular complexity index is 965. The van der Waals surface area contributed by atoms with Crippen LogP contribution in [0.1, 0.15) is 11.3 Å². The number of halogens is 1. The molecule has 0 fully saturated rings. The standard InChI is InChI=1S/C21H17N3O3.ClH/c25-20-15-27-21(23-24(20)17-9-2-1-3-10-17)18-11-4-5-12-19(18)26-14-16-8-6-7-13-22-16;/h1-13H,14-15H2;1H. The van der Waals surface area contributed by atoms with Gasteiger partial charge in [-0.3, -0.25) is 9.78 Å². The normalized spacial score (nSPS) is 13.2. The molecule has 0 saturated carbocycles. The SMILES string of the molecule is Cl.O=C1COC(c2ccccc2OCc2ccccn2)=NN1c1ccccc1. The molecule has 0 unspecified atom stereocenters. The van der Waals surface area contributed by atoms with Crippen molar-refractivity contribution in [3.8, 4) is 5.75 Å². The molecule has 2 heterocycles. The first-order valence-corrected chi connectivity index (χ1v) is 8.53. The number of hydrogen-bond acceptors (Lipinski definition) is 5. The Morgan fingerprint density at radius 3 is 2.50 bits per heavy atom. The van der Waals surface area contributed by atoms with Crippen LogP contribution in [0, 0.1) is 0 Å². The van der Waals surface area contributed by atoms with Crippen LogP contribution >= 0.6 is 12.4 Å². The smallest absolute Gasteiger partial charge is 0.285 e. The Morgan fingerprint density at radius 2 is 1.71 bits per heavy atom. The van der Waals surface area contributed by atoms with Gasteiger partial charge in [0, 0.05) is 6.20 Å². The second kappa shape index (κ2) is 9.01. The Hall–Kier alpha value is -3.38. The zero-order valence-electron chi connectivity index (χ0n) is 14.9. The first kappa shape index (κ1) is 19.4. The summed E-state index contributed by atoms with van der Waals surface area (Å²) in [5, 5.41) is 5.76. The zero-order chi connectivity index (χ0) is 18.5. The molecule has 1 aliphatic rings. The molecule has 1 amide bonds. The molecule has 3 aromatic rings. The van der Waals surface area contributed by atoms with Gasteiger partial charge in [-0.05, 0) is 36.4 Å². The van der Waals surface area contributed by atoms with E-state index in [0.717, 1.165) is 5.69 Å². The number of carbonyl (C=O) groups excluding carboxylic acids is 1. The van der Waals surface area contributed by atoms with Crippen LogP contribution in [0.3, 0.4) is 0 Å². The molecule has 0 atom stereocenters. The molecule has 1 aliphatic heterocycles. The summed E-state index contributed by atoms with van der Waals surface area (Å²) in [7, 11) is 0.